The second-order valence-corrected chi connectivity index (χ2v) is 5.17. The topological polar surface area (TPSA) is 53.5 Å². The minimum Gasteiger partial charge on any atom is -0.494 e. The van der Waals surface area contributed by atoms with Gasteiger partial charge in [0, 0.05) is 19.7 Å². The lowest BCUT2D eigenvalue weighted by Gasteiger charge is -2.05. The normalized spacial score (nSPS) is 11.2. The van der Waals surface area contributed by atoms with E-state index in [0.29, 0.717) is 5.95 Å². The third kappa shape index (κ3) is 2.65. The zero-order valence-corrected chi connectivity index (χ0v) is 12.9. The summed E-state index contributed by atoms with van der Waals surface area (Å²) in [6.07, 6.45) is 1.71. The molecule has 0 fully saturated rings. The largest absolute Gasteiger partial charge is 0.494 e. The SMILES string of the molecule is COc1ccc(-c2ccccc2)c2nc(N=CN(C)C)[nH]c12. The first-order valence-electron chi connectivity index (χ1n) is 7.02. The molecule has 0 amide bonds. The van der Waals surface area contributed by atoms with E-state index in [-0.39, 0.29) is 0 Å². The number of hydrogen-bond acceptors (Lipinski definition) is 3. The van der Waals surface area contributed by atoms with Crippen LogP contribution >= 0.6 is 0 Å². The Kier molecular flexibility index (Phi) is 3.78. The lowest BCUT2D eigenvalue weighted by molar-refractivity contribution is 0.419. The molecule has 0 atom stereocenters. The fraction of sp³-hybridized carbons (Fsp3) is 0.176. The van der Waals surface area contributed by atoms with E-state index >= 15 is 0 Å². The van der Waals surface area contributed by atoms with Gasteiger partial charge in [-0.1, -0.05) is 30.3 Å². The molecule has 1 aromatic heterocycles. The van der Waals surface area contributed by atoms with Crippen molar-refractivity contribution in [1.29, 1.82) is 0 Å². The standard InChI is InChI=1S/C17H18N4O/c1-21(2)11-18-17-19-15-13(12-7-5-4-6-8-12)9-10-14(22-3)16(15)20-17/h4-11H,1-3H3,(H,19,20). The predicted molar refractivity (Wildman–Crippen MR) is 89.9 cm³/mol. The lowest BCUT2D eigenvalue weighted by Crippen LogP contribution is -2.07. The Labute approximate surface area is 129 Å². The minimum absolute atomic E-state index is 0.561. The smallest absolute Gasteiger partial charge is 0.229 e. The van der Waals surface area contributed by atoms with Crippen LogP contribution in [0.5, 0.6) is 5.75 Å². The molecule has 0 aliphatic carbocycles. The number of aliphatic imine (C=N–C) groups is 1. The number of H-pyrrole nitrogens is 1. The van der Waals surface area contributed by atoms with E-state index in [1.807, 2.05) is 49.3 Å². The predicted octanol–water partition coefficient (Wildman–Crippen LogP) is 3.46. The molecule has 1 N–H and O–H groups in total. The number of ether oxygens (including phenoxy) is 1. The maximum atomic E-state index is 5.42. The molecule has 5 heteroatoms. The van der Waals surface area contributed by atoms with Gasteiger partial charge in [-0.25, -0.2) is 9.98 Å². The van der Waals surface area contributed by atoms with Crippen LogP contribution in [-0.4, -0.2) is 42.4 Å². The van der Waals surface area contributed by atoms with E-state index in [4.69, 9.17) is 4.74 Å². The summed E-state index contributed by atoms with van der Waals surface area (Å²) in [7, 11) is 5.49. The van der Waals surface area contributed by atoms with Crippen LogP contribution in [0.2, 0.25) is 0 Å². The fourth-order valence-electron chi connectivity index (χ4n) is 2.31. The van der Waals surface area contributed by atoms with Gasteiger partial charge < -0.3 is 14.6 Å². The average Bonchev–Trinajstić information content (AvgIpc) is 2.97. The summed E-state index contributed by atoms with van der Waals surface area (Å²) in [5, 5.41) is 0. The van der Waals surface area contributed by atoms with E-state index in [9.17, 15) is 0 Å². The molecule has 0 aliphatic rings. The first-order valence-corrected chi connectivity index (χ1v) is 7.02. The van der Waals surface area contributed by atoms with E-state index in [2.05, 4.69) is 27.1 Å². The monoisotopic (exact) mass is 294 g/mol. The van der Waals surface area contributed by atoms with Crippen LogP contribution < -0.4 is 4.74 Å². The second-order valence-electron chi connectivity index (χ2n) is 5.17. The molecule has 0 bridgehead atoms. The van der Waals surface area contributed by atoms with Crippen LogP contribution in [0.15, 0.2) is 47.5 Å². The third-order valence-electron chi connectivity index (χ3n) is 3.31. The first kappa shape index (κ1) is 14.1. The number of aromatic amines is 1. The molecular formula is C17H18N4O. The number of benzene rings is 2. The van der Waals surface area contributed by atoms with Gasteiger partial charge in [-0.05, 0) is 17.7 Å². The molecule has 0 saturated carbocycles. The molecule has 0 saturated heterocycles. The van der Waals surface area contributed by atoms with Gasteiger partial charge in [0.25, 0.3) is 0 Å². The molecule has 2 aromatic carbocycles. The number of aromatic nitrogens is 2. The highest BCUT2D eigenvalue weighted by atomic mass is 16.5. The number of fused-ring (bicyclic) bond motifs is 1. The highest BCUT2D eigenvalue weighted by Crippen LogP contribution is 2.34. The molecule has 0 radical (unpaired) electrons. The highest BCUT2D eigenvalue weighted by Gasteiger charge is 2.13. The van der Waals surface area contributed by atoms with Crippen LogP contribution in [0.3, 0.4) is 0 Å². The zero-order chi connectivity index (χ0) is 15.5. The Morgan fingerprint density at radius 1 is 1.14 bits per heavy atom. The molecule has 5 nitrogen and oxygen atoms in total. The van der Waals surface area contributed by atoms with Gasteiger partial charge in [0.2, 0.25) is 5.95 Å². The summed E-state index contributed by atoms with van der Waals surface area (Å²) in [6.45, 7) is 0. The van der Waals surface area contributed by atoms with Gasteiger partial charge in [-0.3, -0.25) is 0 Å². The van der Waals surface area contributed by atoms with Crippen molar-refractivity contribution in [3.8, 4) is 16.9 Å². The summed E-state index contributed by atoms with van der Waals surface area (Å²) < 4.78 is 5.42. The Balaban J connectivity index is 2.18. The molecule has 0 unspecified atom stereocenters. The number of nitrogens with zero attached hydrogens (tertiary/aromatic N) is 3. The molecular weight excluding hydrogens is 276 g/mol. The molecule has 0 spiro atoms. The fourth-order valence-corrected chi connectivity index (χ4v) is 2.31. The van der Waals surface area contributed by atoms with Crippen molar-refractivity contribution in [1.82, 2.24) is 14.9 Å². The van der Waals surface area contributed by atoms with Crippen LogP contribution in [-0.2, 0) is 0 Å². The molecule has 0 aliphatic heterocycles. The van der Waals surface area contributed by atoms with Crippen molar-refractivity contribution in [2.24, 2.45) is 4.99 Å². The Bertz CT molecular complexity index is 806. The average molecular weight is 294 g/mol. The minimum atomic E-state index is 0.561. The van der Waals surface area contributed by atoms with Crippen LogP contribution in [0, 0.1) is 0 Å². The van der Waals surface area contributed by atoms with Gasteiger partial charge in [0.15, 0.2) is 0 Å². The van der Waals surface area contributed by atoms with Gasteiger partial charge in [-0.2, -0.15) is 0 Å². The number of nitrogens with one attached hydrogen (secondary N) is 1. The zero-order valence-electron chi connectivity index (χ0n) is 12.9. The van der Waals surface area contributed by atoms with Crippen molar-refractivity contribution in [3.63, 3.8) is 0 Å². The molecule has 112 valence electrons. The summed E-state index contributed by atoms with van der Waals surface area (Å²) >= 11 is 0. The Morgan fingerprint density at radius 2 is 1.91 bits per heavy atom. The summed E-state index contributed by atoms with van der Waals surface area (Å²) in [6, 6.07) is 14.1. The maximum absolute atomic E-state index is 5.42. The Morgan fingerprint density at radius 3 is 2.59 bits per heavy atom. The van der Waals surface area contributed by atoms with Crippen molar-refractivity contribution < 1.29 is 4.74 Å². The van der Waals surface area contributed by atoms with E-state index in [1.54, 1.807) is 13.4 Å². The number of methoxy groups -OCH3 is 1. The van der Waals surface area contributed by atoms with E-state index in [0.717, 1.165) is 27.9 Å². The van der Waals surface area contributed by atoms with Crippen LogP contribution in [0.1, 0.15) is 0 Å². The second kappa shape index (κ2) is 5.89. The van der Waals surface area contributed by atoms with Gasteiger partial charge >= 0.3 is 0 Å². The Hall–Kier alpha value is -2.82. The van der Waals surface area contributed by atoms with Crippen molar-refractivity contribution in [2.75, 3.05) is 21.2 Å². The molecule has 3 rings (SSSR count). The summed E-state index contributed by atoms with van der Waals surface area (Å²) in [5.41, 5.74) is 3.88. The molecule has 1 heterocycles. The van der Waals surface area contributed by atoms with E-state index in [1.165, 1.54) is 0 Å². The highest BCUT2D eigenvalue weighted by molar-refractivity contribution is 5.96. The van der Waals surface area contributed by atoms with Crippen LogP contribution in [0.4, 0.5) is 5.95 Å². The molecule has 22 heavy (non-hydrogen) atoms. The molecule has 3 aromatic rings. The number of imidazole rings is 1. The quantitative estimate of drug-likeness (QED) is 0.592. The van der Waals surface area contributed by atoms with Crippen molar-refractivity contribution >= 4 is 23.3 Å². The summed E-state index contributed by atoms with van der Waals surface area (Å²) in [4.78, 5) is 14.0. The van der Waals surface area contributed by atoms with Crippen molar-refractivity contribution in [2.45, 2.75) is 0 Å². The van der Waals surface area contributed by atoms with Gasteiger partial charge in [0.05, 0.1) is 13.4 Å². The lowest BCUT2D eigenvalue weighted by atomic mass is 10.0. The maximum Gasteiger partial charge on any atom is 0.229 e. The van der Waals surface area contributed by atoms with Crippen LogP contribution in [0.25, 0.3) is 22.2 Å². The van der Waals surface area contributed by atoms with E-state index < -0.39 is 0 Å². The van der Waals surface area contributed by atoms with Gasteiger partial charge in [-0.15, -0.1) is 0 Å². The van der Waals surface area contributed by atoms with Crippen molar-refractivity contribution in [3.05, 3.63) is 42.5 Å². The first-order chi connectivity index (χ1) is 10.7. The van der Waals surface area contributed by atoms with Gasteiger partial charge in [0.1, 0.15) is 16.8 Å². The summed E-state index contributed by atoms with van der Waals surface area (Å²) in [5.74, 6) is 1.32. The number of rotatable bonds is 4. The number of hydrogen-bond donors (Lipinski definition) is 1. The third-order valence-corrected chi connectivity index (χ3v) is 3.31.